The highest BCUT2D eigenvalue weighted by atomic mass is 32.2. The SMILES string of the molecule is CC(C)c1nc(S(=O)(=O)N2CCC(OCC3CC3)C2)cn1C. The number of nitrogens with zero attached hydrogens (tertiary/aromatic N) is 3. The Morgan fingerprint density at radius 2 is 2.09 bits per heavy atom. The molecular weight excluding hydrogens is 302 g/mol. The number of aromatic nitrogens is 2. The van der Waals surface area contributed by atoms with Gasteiger partial charge in [0.2, 0.25) is 0 Å². The normalized spacial score (nSPS) is 23.5. The largest absolute Gasteiger partial charge is 0.377 e. The van der Waals surface area contributed by atoms with Crippen LogP contribution in [-0.2, 0) is 21.8 Å². The van der Waals surface area contributed by atoms with Gasteiger partial charge in [0.05, 0.1) is 6.10 Å². The first kappa shape index (κ1) is 16.0. The molecule has 1 aromatic heterocycles. The number of hydrogen-bond donors (Lipinski definition) is 0. The summed E-state index contributed by atoms with van der Waals surface area (Å²) < 4.78 is 34.6. The molecule has 0 spiro atoms. The molecule has 7 heteroatoms. The highest BCUT2D eigenvalue weighted by Gasteiger charge is 2.35. The molecule has 0 bridgehead atoms. The van der Waals surface area contributed by atoms with Gasteiger partial charge in [-0.15, -0.1) is 0 Å². The molecule has 1 aliphatic carbocycles. The van der Waals surface area contributed by atoms with Crippen LogP contribution in [0.1, 0.15) is 44.9 Å². The highest BCUT2D eigenvalue weighted by Crippen LogP contribution is 2.30. The Hall–Kier alpha value is -0.920. The molecule has 0 aromatic carbocycles. The lowest BCUT2D eigenvalue weighted by atomic mass is 10.2. The predicted octanol–water partition coefficient (Wildman–Crippen LogP) is 1.73. The summed E-state index contributed by atoms with van der Waals surface area (Å²) in [6.07, 6.45) is 4.92. The molecule has 124 valence electrons. The fraction of sp³-hybridized carbons (Fsp3) is 0.800. The number of ether oxygens (including phenoxy) is 1. The van der Waals surface area contributed by atoms with E-state index in [0.717, 1.165) is 18.9 Å². The van der Waals surface area contributed by atoms with Crippen molar-refractivity contribution in [2.75, 3.05) is 19.7 Å². The van der Waals surface area contributed by atoms with Gasteiger partial charge in [0, 0.05) is 38.9 Å². The molecule has 22 heavy (non-hydrogen) atoms. The molecule has 2 fully saturated rings. The van der Waals surface area contributed by atoms with Crippen LogP contribution in [0, 0.1) is 5.92 Å². The third-order valence-electron chi connectivity index (χ3n) is 4.38. The fourth-order valence-corrected chi connectivity index (χ4v) is 4.33. The summed E-state index contributed by atoms with van der Waals surface area (Å²) >= 11 is 0. The second kappa shape index (κ2) is 5.94. The standard InChI is InChI=1S/C15H25N3O3S/c1-11(2)15-16-14(9-17(15)3)22(19,20)18-7-6-13(8-18)21-10-12-4-5-12/h9,11-13H,4-8,10H2,1-3H3. The van der Waals surface area contributed by atoms with Crippen LogP contribution in [0.2, 0.25) is 0 Å². The lowest BCUT2D eigenvalue weighted by molar-refractivity contribution is 0.0561. The van der Waals surface area contributed by atoms with Gasteiger partial charge in [0.1, 0.15) is 5.82 Å². The zero-order valence-corrected chi connectivity index (χ0v) is 14.3. The van der Waals surface area contributed by atoms with Crippen LogP contribution in [0.15, 0.2) is 11.2 Å². The number of hydrogen-bond acceptors (Lipinski definition) is 4. The number of sulfonamides is 1. The van der Waals surface area contributed by atoms with E-state index in [1.54, 1.807) is 10.8 Å². The van der Waals surface area contributed by atoms with Gasteiger partial charge in [-0.3, -0.25) is 0 Å². The Bertz CT molecular complexity index is 634. The maximum atomic E-state index is 12.7. The predicted molar refractivity (Wildman–Crippen MR) is 83.1 cm³/mol. The van der Waals surface area contributed by atoms with E-state index in [2.05, 4.69) is 4.98 Å². The maximum absolute atomic E-state index is 12.7. The summed E-state index contributed by atoms with van der Waals surface area (Å²) in [6.45, 7) is 5.76. The minimum atomic E-state index is -3.51. The van der Waals surface area contributed by atoms with Crippen LogP contribution < -0.4 is 0 Å². The maximum Gasteiger partial charge on any atom is 0.262 e. The Morgan fingerprint density at radius 1 is 1.36 bits per heavy atom. The summed E-state index contributed by atoms with van der Waals surface area (Å²) in [5.74, 6) is 1.69. The molecule has 1 aromatic rings. The zero-order chi connectivity index (χ0) is 15.9. The summed E-state index contributed by atoms with van der Waals surface area (Å²) in [5, 5.41) is 0.154. The molecule has 1 saturated carbocycles. The van der Waals surface area contributed by atoms with Crippen LogP contribution in [0.3, 0.4) is 0 Å². The van der Waals surface area contributed by atoms with E-state index in [0.29, 0.717) is 19.0 Å². The quantitative estimate of drug-likeness (QED) is 0.798. The monoisotopic (exact) mass is 327 g/mol. The second-order valence-electron chi connectivity index (χ2n) is 6.75. The molecule has 1 aliphatic heterocycles. The van der Waals surface area contributed by atoms with Crippen molar-refractivity contribution in [2.45, 2.75) is 50.2 Å². The lowest BCUT2D eigenvalue weighted by Crippen LogP contribution is -2.30. The van der Waals surface area contributed by atoms with Gasteiger partial charge in [-0.2, -0.15) is 4.31 Å². The lowest BCUT2D eigenvalue weighted by Gasteiger charge is -2.15. The van der Waals surface area contributed by atoms with Crippen LogP contribution in [-0.4, -0.2) is 48.1 Å². The smallest absolute Gasteiger partial charge is 0.262 e. The molecule has 2 aliphatic rings. The van der Waals surface area contributed by atoms with Crippen molar-refractivity contribution in [3.8, 4) is 0 Å². The van der Waals surface area contributed by atoms with E-state index in [-0.39, 0.29) is 17.0 Å². The van der Waals surface area contributed by atoms with Crippen molar-refractivity contribution in [1.29, 1.82) is 0 Å². The van der Waals surface area contributed by atoms with Gasteiger partial charge < -0.3 is 9.30 Å². The molecule has 3 rings (SSSR count). The van der Waals surface area contributed by atoms with Gasteiger partial charge in [0.25, 0.3) is 10.0 Å². The van der Waals surface area contributed by atoms with Crippen LogP contribution in [0.4, 0.5) is 0 Å². The number of rotatable bonds is 6. The Labute approximate surface area is 132 Å². The van der Waals surface area contributed by atoms with Crippen molar-refractivity contribution < 1.29 is 13.2 Å². The first-order chi connectivity index (χ1) is 10.4. The third kappa shape index (κ3) is 3.21. The van der Waals surface area contributed by atoms with E-state index in [1.807, 2.05) is 20.9 Å². The van der Waals surface area contributed by atoms with E-state index >= 15 is 0 Å². The van der Waals surface area contributed by atoms with Gasteiger partial charge in [-0.05, 0) is 25.2 Å². The van der Waals surface area contributed by atoms with E-state index in [9.17, 15) is 8.42 Å². The van der Waals surface area contributed by atoms with Gasteiger partial charge in [-0.25, -0.2) is 13.4 Å². The molecule has 1 atom stereocenters. The fourth-order valence-electron chi connectivity index (χ4n) is 2.85. The summed E-state index contributed by atoms with van der Waals surface area (Å²) in [7, 11) is -1.67. The summed E-state index contributed by atoms with van der Waals surface area (Å²) in [4.78, 5) is 4.33. The Morgan fingerprint density at radius 3 is 2.68 bits per heavy atom. The van der Waals surface area contributed by atoms with Crippen LogP contribution >= 0.6 is 0 Å². The number of aryl methyl sites for hydroxylation is 1. The Balaban J connectivity index is 1.68. The van der Waals surface area contributed by atoms with E-state index < -0.39 is 10.0 Å². The Kier molecular flexibility index (Phi) is 4.31. The third-order valence-corrected chi connectivity index (χ3v) is 6.12. The van der Waals surface area contributed by atoms with Crippen molar-refractivity contribution >= 4 is 10.0 Å². The van der Waals surface area contributed by atoms with Gasteiger partial charge >= 0.3 is 0 Å². The zero-order valence-electron chi connectivity index (χ0n) is 13.5. The molecule has 2 heterocycles. The molecule has 1 saturated heterocycles. The van der Waals surface area contributed by atoms with Crippen molar-refractivity contribution in [3.05, 3.63) is 12.0 Å². The van der Waals surface area contributed by atoms with E-state index in [1.165, 1.54) is 17.1 Å². The molecule has 6 nitrogen and oxygen atoms in total. The summed E-state index contributed by atoms with van der Waals surface area (Å²) in [6, 6.07) is 0. The molecule has 1 unspecified atom stereocenters. The van der Waals surface area contributed by atoms with Crippen molar-refractivity contribution in [3.63, 3.8) is 0 Å². The average molecular weight is 327 g/mol. The van der Waals surface area contributed by atoms with Gasteiger partial charge in [0.15, 0.2) is 5.03 Å². The number of imidazole rings is 1. The van der Waals surface area contributed by atoms with Crippen LogP contribution in [0.5, 0.6) is 0 Å². The first-order valence-corrected chi connectivity index (χ1v) is 9.47. The van der Waals surface area contributed by atoms with Crippen molar-refractivity contribution in [2.24, 2.45) is 13.0 Å². The molecular formula is C15H25N3O3S. The second-order valence-corrected chi connectivity index (χ2v) is 8.64. The van der Waals surface area contributed by atoms with Gasteiger partial charge in [-0.1, -0.05) is 13.8 Å². The summed E-state index contributed by atoms with van der Waals surface area (Å²) in [5.41, 5.74) is 0. The minimum absolute atomic E-state index is 0.0312. The topological polar surface area (TPSA) is 64.4 Å². The highest BCUT2D eigenvalue weighted by molar-refractivity contribution is 7.89. The average Bonchev–Trinajstić information content (AvgIpc) is 2.99. The van der Waals surface area contributed by atoms with E-state index in [4.69, 9.17) is 4.74 Å². The van der Waals surface area contributed by atoms with Crippen LogP contribution in [0.25, 0.3) is 0 Å². The molecule has 0 amide bonds. The molecule has 0 radical (unpaired) electrons. The minimum Gasteiger partial charge on any atom is -0.377 e. The van der Waals surface area contributed by atoms with Crippen molar-refractivity contribution in [1.82, 2.24) is 13.9 Å². The first-order valence-electron chi connectivity index (χ1n) is 8.03. The molecule has 0 N–H and O–H groups in total.